The Labute approximate surface area is 169 Å². The molecule has 0 saturated carbocycles. The number of aromatic nitrogens is 1. The number of hydrogen-bond donors (Lipinski definition) is 1. The number of nitrogens with one attached hydrogen (secondary N) is 1. The molecule has 1 aromatic heterocycles. The van der Waals surface area contributed by atoms with Crippen LogP contribution in [0.3, 0.4) is 0 Å². The summed E-state index contributed by atoms with van der Waals surface area (Å²) in [5.74, 6) is 1.03. The van der Waals surface area contributed by atoms with Crippen molar-refractivity contribution in [2.75, 3.05) is 46.3 Å². The summed E-state index contributed by atoms with van der Waals surface area (Å²) in [4.78, 5) is 21.2. The Kier molecular flexibility index (Phi) is 6.49. The standard InChI is InChI=1S/C21H25N3O3S/c1-23(2)12-7-13-24(21-22-17-8-5-6-9-19(17)28-21)20(25)16-11-10-15(26-3)14-18(16)27-4/h5-6,8-11,14H,7,12-13H2,1-4H3/p+1. The van der Waals surface area contributed by atoms with Crippen molar-refractivity contribution in [3.63, 3.8) is 0 Å². The summed E-state index contributed by atoms with van der Waals surface area (Å²) >= 11 is 1.53. The Balaban J connectivity index is 1.97. The van der Waals surface area contributed by atoms with Crippen LogP contribution in [-0.2, 0) is 0 Å². The molecular weight excluding hydrogens is 374 g/mol. The van der Waals surface area contributed by atoms with Crippen LogP contribution in [0.1, 0.15) is 16.8 Å². The van der Waals surface area contributed by atoms with Gasteiger partial charge in [-0.2, -0.15) is 0 Å². The summed E-state index contributed by atoms with van der Waals surface area (Å²) in [6.45, 7) is 1.56. The zero-order valence-corrected chi connectivity index (χ0v) is 17.5. The molecule has 0 aliphatic heterocycles. The number of quaternary nitrogens is 1. The van der Waals surface area contributed by atoms with Crippen LogP contribution in [-0.4, -0.2) is 52.3 Å². The van der Waals surface area contributed by atoms with Crippen molar-refractivity contribution in [1.29, 1.82) is 0 Å². The number of nitrogens with zero attached hydrogens (tertiary/aromatic N) is 2. The van der Waals surface area contributed by atoms with Gasteiger partial charge in [0.25, 0.3) is 5.91 Å². The fourth-order valence-corrected chi connectivity index (χ4v) is 3.96. The molecule has 0 aliphatic rings. The molecule has 3 aromatic rings. The number of rotatable bonds is 8. The summed E-state index contributed by atoms with van der Waals surface area (Å²) in [6.07, 6.45) is 0.877. The van der Waals surface area contributed by atoms with Gasteiger partial charge in [-0.25, -0.2) is 4.98 Å². The predicted molar refractivity (Wildman–Crippen MR) is 113 cm³/mol. The largest absolute Gasteiger partial charge is 0.497 e. The molecule has 7 heteroatoms. The van der Waals surface area contributed by atoms with Gasteiger partial charge in [0.15, 0.2) is 5.13 Å². The maximum absolute atomic E-state index is 13.4. The summed E-state index contributed by atoms with van der Waals surface area (Å²) in [5.41, 5.74) is 1.40. The van der Waals surface area contributed by atoms with Gasteiger partial charge in [-0.1, -0.05) is 23.5 Å². The zero-order valence-electron chi connectivity index (χ0n) is 16.7. The lowest BCUT2D eigenvalue weighted by molar-refractivity contribution is -0.858. The summed E-state index contributed by atoms with van der Waals surface area (Å²) in [6, 6.07) is 13.2. The Bertz CT molecular complexity index is 922. The van der Waals surface area contributed by atoms with E-state index in [9.17, 15) is 4.79 Å². The van der Waals surface area contributed by atoms with Gasteiger partial charge in [-0.15, -0.1) is 0 Å². The van der Waals surface area contributed by atoms with E-state index in [1.165, 1.54) is 16.2 Å². The van der Waals surface area contributed by atoms with E-state index < -0.39 is 0 Å². The maximum Gasteiger partial charge on any atom is 0.263 e. The lowest BCUT2D eigenvalue weighted by Crippen LogP contribution is -3.05. The first-order valence-corrected chi connectivity index (χ1v) is 10.0. The second-order valence-electron chi connectivity index (χ2n) is 6.80. The normalized spacial score (nSPS) is 11.0. The first kappa shape index (κ1) is 20.1. The lowest BCUT2D eigenvalue weighted by Gasteiger charge is -2.21. The first-order chi connectivity index (χ1) is 13.5. The molecule has 0 radical (unpaired) electrons. The van der Waals surface area contributed by atoms with Crippen molar-refractivity contribution in [2.45, 2.75) is 6.42 Å². The molecule has 2 aromatic carbocycles. The van der Waals surface area contributed by atoms with Crippen LogP contribution < -0.4 is 19.3 Å². The number of hydrogen-bond acceptors (Lipinski definition) is 5. The van der Waals surface area contributed by atoms with Gasteiger partial charge in [0.2, 0.25) is 0 Å². The molecule has 0 aliphatic carbocycles. The van der Waals surface area contributed by atoms with Crippen molar-refractivity contribution >= 4 is 32.6 Å². The van der Waals surface area contributed by atoms with Gasteiger partial charge in [-0.05, 0) is 24.3 Å². The zero-order chi connectivity index (χ0) is 20.1. The van der Waals surface area contributed by atoms with Crippen molar-refractivity contribution in [3.8, 4) is 11.5 Å². The van der Waals surface area contributed by atoms with Crippen molar-refractivity contribution < 1.29 is 19.2 Å². The monoisotopic (exact) mass is 400 g/mol. The third-order valence-corrected chi connectivity index (χ3v) is 5.52. The molecule has 28 heavy (non-hydrogen) atoms. The van der Waals surface area contributed by atoms with E-state index in [4.69, 9.17) is 14.5 Å². The summed E-state index contributed by atoms with van der Waals surface area (Å²) in [7, 11) is 7.36. The van der Waals surface area contributed by atoms with Crippen LogP contribution in [0.2, 0.25) is 0 Å². The van der Waals surface area contributed by atoms with Gasteiger partial charge in [-0.3, -0.25) is 9.69 Å². The summed E-state index contributed by atoms with van der Waals surface area (Å²) < 4.78 is 11.8. The quantitative estimate of drug-likeness (QED) is 0.631. The Morgan fingerprint density at radius 2 is 1.93 bits per heavy atom. The maximum atomic E-state index is 13.4. The van der Waals surface area contributed by atoms with E-state index in [0.29, 0.717) is 28.7 Å². The van der Waals surface area contributed by atoms with E-state index in [1.54, 1.807) is 37.3 Å². The molecule has 6 nitrogen and oxygen atoms in total. The average Bonchev–Trinajstić information content (AvgIpc) is 3.13. The topological polar surface area (TPSA) is 56.1 Å². The highest BCUT2D eigenvalue weighted by Gasteiger charge is 2.24. The second-order valence-corrected chi connectivity index (χ2v) is 7.81. The molecule has 0 unspecified atom stereocenters. The van der Waals surface area contributed by atoms with Gasteiger partial charge in [0.1, 0.15) is 11.5 Å². The minimum Gasteiger partial charge on any atom is -0.497 e. The number of amides is 1. The molecular formula is C21H26N3O3S+. The van der Waals surface area contributed by atoms with Gasteiger partial charge >= 0.3 is 0 Å². The average molecular weight is 401 g/mol. The van der Waals surface area contributed by atoms with E-state index in [-0.39, 0.29) is 5.91 Å². The third-order valence-electron chi connectivity index (χ3n) is 4.46. The van der Waals surface area contributed by atoms with Gasteiger partial charge in [0.05, 0.1) is 50.6 Å². The number of anilines is 1. The number of benzene rings is 2. The van der Waals surface area contributed by atoms with Crippen LogP contribution in [0.5, 0.6) is 11.5 Å². The third kappa shape index (κ3) is 4.43. The van der Waals surface area contributed by atoms with E-state index in [1.807, 2.05) is 24.3 Å². The SMILES string of the molecule is COc1ccc(C(=O)N(CCC[NH+](C)C)c2nc3ccccc3s2)c(OC)c1. The van der Waals surface area contributed by atoms with Crippen LogP contribution >= 0.6 is 11.3 Å². The minimum absolute atomic E-state index is 0.118. The highest BCUT2D eigenvalue weighted by Crippen LogP contribution is 2.32. The Morgan fingerprint density at radius 1 is 1.14 bits per heavy atom. The smallest absolute Gasteiger partial charge is 0.263 e. The van der Waals surface area contributed by atoms with Crippen molar-refractivity contribution in [1.82, 2.24) is 4.98 Å². The van der Waals surface area contributed by atoms with Gasteiger partial charge < -0.3 is 14.4 Å². The number of ether oxygens (including phenoxy) is 2. The number of methoxy groups -OCH3 is 2. The Hall–Kier alpha value is -2.64. The lowest BCUT2D eigenvalue weighted by atomic mass is 10.1. The number of para-hydroxylation sites is 1. The van der Waals surface area contributed by atoms with Crippen LogP contribution in [0.4, 0.5) is 5.13 Å². The molecule has 1 N–H and O–H groups in total. The molecule has 148 valence electrons. The number of fused-ring (bicyclic) bond motifs is 1. The molecule has 1 heterocycles. The highest BCUT2D eigenvalue weighted by atomic mass is 32.1. The van der Waals surface area contributed by atoms with Gasteiger partial charge in [0, 0.05) is 19.0 Å². The van der Waals surface area contributed by atoms with Crippen LogP contribution in [0, 0.1) is 0 Å². The second kappa shape index (κ2) is 9.03. The van der Waals surface area contributed by atoms with Crippen LogP contribution in [0.15, 0.2) is 42.5 Å². The van der Waals surface area contributed by atoms with Crippen molar-refractivity contribution in [2.24, 2.45) is 0 Å². The fraction of sp³-hybridized carbons (Fsp3) is 0.333. The predicted octanol–water partition coefficient (Wildman–Crippen LogP) is 2.49. The molecule has 0 bridgehead atoms. The first-order valence-electron chi connectivity index (χ1n) is 9.22. The van der Waals surface area contributed by atoms with E-state index in [2.05, 4.69) is 14.1 Å². The minimum atomic E-state index is -0.118. The summed E-state index contributed by atoms with van der Waals surface area (Å²) in [5, 5.41) is 0.706. The molecule has 1 amide bonds. The van der Waals surface area contributed by atoms with E-state index in [0.717, 1.165) is 23.2 Å². The fourth-order valence-electron chi connectivity index (χ4n) is 2.97. The van der Waals surface area contributed by atoms with Crippen molar-refractivity contribution in [3.05, 3.63) is 48.0 Å². The molecule has 3 rings (SSSR count). The molecule has 0 atom stereocenters. The Morgan fingerprint density at radius 3 is 2.61 bits per heavy atom. The molecule has 0 saturated heterocycles. The highest BCUT2D eigenvalue weighted by molar-refractivity contribution is 7.22. The number of carbonyl (C=O) groups excluding carboxylic acids is 1. The molecule has 0 fully saturated rings. The number of carbonyl (C=O) groups is 1. The van der Waals surface area contributed by atoms with E-state index >= 15 is 0 Å². The number of thiazole rings is 1. The van der Waals surface area contributed by atoms with Crippen LogP contribution in [0.25, 0.3) is 10.2 Å². The molecule has 0 spiro atoms.